The predicted octanol–water partition coefficient (Wildman–Crippen LogP) is 2.07. The van der Waals surface area contributed by atoms with Crippen molar-refractivity contribution in [1.29, 1.82) is 5.26 Å². The summed E-state index contributed by atoms with van der Waals surface area (Å²) in [5.74, 6) is 0.919. The molecule has 1 aliphatic rings. The number of pyridine rings is 1. The highest BCUT2D eigenvalue weighted by atomic mass is 16.5. The fourth-order valence-corrected chi connectivity index (χ4v) is 3.18. The lowest BCUT2D eigenvalue weighted by molar-refractivity contribution is 0.118. The Morgan fingerprint density at radius 3 is 2.84 bits per heavy atom. The van der Waals surface area contributed by atoms with Crippen LogP contribution in [0.5, 0.6) is 0 Å². The summed E-state index contributed by atoms with van der Waals surface area (Å²) in [6.45, 7) is 5.39. The molecule has 2 aromatic rings. The van der Waals surface area contributed by atoms with Crippen molar-refractivity contribution in [3.05, 3.63) is 41.6 Å². The van der Waals surface area contributed by atoms with Crippen LogP contribution in [0.3, 0.4) is 0 Å². The van der Waals surface area contributed by atoms with Gasteiger partial charge in [0.2, 0.25) is 0 Å². The molecule has 1 fully saturated rings. The Balaban J connectivity index is 1.75. The Labute approximate surface area is 147 Å². The Hall–Kier alpha value is -2.72. The number of nitrogens with zero attached hydrogens (tertiary/aromatic N) is 5. The van der Waals surface area contributed by atoms with Crippen molar-refractivity contribution in [3.8, 4) is 6.07 Å². The molecule has 1 aliphatic heterocycles. The fraction of sp³-hybridized carbons (Fsp3) is 0.444. The molecule has 7 heteroatoms. The Bertz CT molecular complexity index is 787. The van der Waals surface area contributed by atoms with Gasteiger partial charge in [-0.3, -0.25) is 0 Å². The summed E-state index contributed by atoms with van der Waals surface area (Å²) >= 11 is 0. The van der Waals surface area contributed by atoms with Crippen molar-refractivity contribution in [2.45, 2.75) is 32.4 Å². The number of ether oxygens (including phenoxy) is 1. The summed E-state index contributed by atoms with van der Waals surface area (Å²) in [5.41, 5.74) is 3.10. The van der Waals surface area contributed by atoms with E-state index in [4.69, 9.17) is 10.00 Å². The lowest BCUT2D eigenvalue weighted by Crippen LogP contribution is -2.35. The fourth-order valence-electron chi connectivity index (χ4n) is 3.18. The molecular weight excluding hydrogens is 316 g/mol. The number of nitriles is 1. The molecule has 0 spiro atoms. The van der Waals surface area contributed by atoms with E-state index in [1.54, 1.807) is 19.5 Å². The summed E-state index contributed by atoms with van der Waals surface area (Å²) in [5, 5.41) is 12.5. The number of nitrogens with one attached hydrogen (secondary N) is 1. The zero-order valence-corrected chi connectivity index (χ0v) is 14.7. The maximum Gasteiger partial charge on any atom is 0.142 e. The molecule has 0 bridgehead atoms. The summed E-state index contributed by atoms with van der Waals surface area (Å²) in [7, 11) is 1.75. The normalized spacial score (nSPS) is 19.7. The van der Waals surface area contributed by atoms with Gasteiger partial charge >= 0.3 is 0 Å². The first-order chi connectivity index (χ1) is 12.1. The van der Waals surface area contributed by atoms with Crippen molar-refractivity contribution >= 4 is 11.5 Å². The summed E-state index contributed by atoms with van der Waals surface area (Å²) in [4.78, 5) is 15.0. The second-order valence-electron chi connectivity index (χ2n) is 6.29. The molecule has 2 aromatic heterocycles. The van der Waals surface area contributed by atoms with Gasteiger partial charge in [0.15, 0.2) is 0 Å². The summed E-state index contributed by atoms with van der Waals surface area (Å²) < 4.78 is 5.57. The monoisotopic (exact) mass is 338 g/mol. The van der Waals surface area contributed by atoms with E-state index >= 15 is 0 Å². The molecule has 3 rings (SSSR count). The van der Waals surface area contributed by atoms with E-state index in [0.29, 0.717) is 5.69 Å². The maximum atomic E-state index is 9.07. The molecule has 0 aromatic carbocycles. The van der Waals surface area contributed by atoms with Crippen LogP contribution >= 0.6 is 0 Å². The van der Waals surface area contributed by atoms with Crippen LogP contribution in [-0.2, 0) is 4.74 Å². The largest absolute Gasteiger partial charge is 0.383 e. The van der Waals surface area contributed by atoms with Crippen molar-refractivity contribution in [1.82, 2.24) is 15.0 Å². The van der Waals surface area contributed by atoms with Gasteiger partial charge < -0.3 is 15.0 Å². The topological polar surface area (TPSA) is 87.0 Å². The average Bonchev–Trinajstić information content (AvgIpc) is 3.03. The van der Waals surface area contributed by atoms with Crippen LogP contribution in [0.1, 0.15) is 23.5 Å². The molecule has 1 saturated heterocycles. The quantitative estimate of drug-likeness (QED) is 0.893. The molecule has 0 amide bonds. The molecule has 3 heterocycles. The number of hydrogen-bond donors (Lipinski definition) is 1. The highest BCUT2D eigenvalue weighted by molar-refractivity contribution is 5.49. The van der Waals surface area contributed by atoms with Crippen LogP contribution in [0.2, 0.25) is 0 Å². The van der Waals surface area contributed by atoms with Crippen molar-refractivity contribution in [2.24, 2.45) is 0 Å². The van der Waals surface area contributed by atoms with Gasteiger partial charge in [0.05, 0.1) is 12.1 Å². The number of rotatable bonds is 5. The van der Waals surface area contributed by atoms with E-state index in [-0.39, 0.29) is 12.1 Å². The summed E-state index contributed by atoms with van der Waals surface area (Å²) in [6, 6.07) is 8.06. The van der Waals surface area contributed by atoms with Gasteiger partial charge in [-0.05, 0) is 32.4 Å². The van der Waals surface area contributed by atoms with Crippen LogP contribution in [0.25, 0.3) is 0 Å². The number of anilines is 2. The van der Waals surface area contributed by atoms with Gasteiger partial charge in [-0.15, -0.1) is 0 Å². The molecule has 0 aliphatic carbocycles. The first-order valence-electron chi connectivity index (χ1n) is 8.30. The molecule has 1 N–H and O–H groups in total. The van der Waals surface area contributed by atoms with E-state index < -0.39 is 0 Å². The van der Waals surface area contributed by atoms with Gasteiger partial charge in [0.1, 0.15) is 23.9 Å². The maximum absolute atomic E-state index is 9.07. The molecule has 0 radical (unpaired) electrons. The Morgan fingerprint density at radius 2 is 2.12 bits per heavy atom. The second-order valence-corrected chi connectivity index (χ2v) is 6.29. The van der Waals surface area contributed by atoms with Gasteiger partial charge in [0, 0.05) is 43.3 Å². The predicted molar refractivity (Wildman–Crippen MR) is 95.5 cm³/mol. The molecule has 0 saturated carbocycles. The number of aryl methyl sites for hydroxylation is 2. The van der Waals surface area contributed by atoms with Crippen LogP contribution in [0.4, 0.5) is 11.5 Å². The van der Waals surface area contributed by atoms with E-state index in [0.717, 1.165) is 42.4 Å². The van der Waals surface area contributed by atoms with Crippen LogP contribution < -0.4 is 10.2 Å². The molecular formula is C18H22N6O. The van der Waals surface area contributed by atoms with Gasteiger partial charge in [-0.25, -0.2) is 15.0 Å². The van der Waals surface area contributed by atoms with Crippen LogP contribution in [0, 0.1) is 25.2 Å². The molecule has 25 heavy (non-hydrogen) atoms. The minimum Gasteiger partial charge on any atom is -0.383 e. The van der Waals surface area contributed by atoms with Gasteiger partial charge in [0.25, 0.3) is 0 Å². The van der Waals surface area contributed by atoms with E-state index in [2.05, 4.69) is 31.2 Å². The molecule has 7 nitrogen and oxygen atoms in total. The van der Waals surface area contributed by atoms with E-state index in [9.17, 15) is 0 Å². The van der Waals surface area contributed by atoms with Crippen molar-refractivity contribution < 1.29 is 4.74 Å². The number of methoxy groups -OCH3 is 1. The zero-order chi connectivity index (χ0) is 17.8. The lowest BCUT2D eigenvalue weighted by atomic mass is 10.2. The van der Waals surface area contributed by atoms with Gasteiger partial charge in [-0.2, -0.15) is 5.26 Å². The van der Waals surface area contributed by atoms with E-state index in [1.165, 1.54) is 0 Å². The smallest absolute Gasteiger partial charge is 0.142 e. The van der Waals surface area contributed by atoms with Crippen LogP contribution in [-0.4, -0.2) is 47.3 Å². The number of hydrogen-bond acceptors (Lipinski definition) is 7. The molecule has 130 valence electrons. The molecule has 0 unspecified atom stereocenters. The third-order valence-electron chi connectivity index (χ3n) is 4.40. The first kappa shape index (κ1) is 17.1. The van der Waals surface area contributed by atoms with Crippen LogP contribution in [0.15, 0.2) is 24.5 Å². The van der Waals surface area contributed by atoms with Crippen molar-refractivity contribution in [3.63, 3.8) is 0 Å². The average molecular weight is 338 g/mol. The Kier molecular flexibility index (Phi) is 5.10. The minimum atomic E-state index is 0.177. The number of aromatic nitrogens is 3. The highest BCUT2D eigenvalue weighted by Crippen LogP contribution is 2.26. The second kappa shape index (κ2) is 7.45. The third-order valence-corrected chi connectivity index (χ3v) is 4.40. The van der Waals surface area contributed by atoms with Gasteiger partial charge in [-0.1, -0.05) is 0 Å². The first-order valence-corrected chi connectivity index (χ1v) is 8.30. The molecule has 2 atom stereocenters. The zero-order valence-electron chi connectivity index (χ0n) is 14.7. The van der Waals surface area contributed by atoms with Crippen molar-refractivity contribution in [2.75, 3.05) is 30.4 Å². The SMILES string of the molecule is CO[C@H]1C[C@@H](CNc2cc(C)nc(C#N)c2)N(c2cc(C)ncn2)C1. The third kappa shape index (κ3) is 4.03. The van der Waals surface area contributed by atoms with E-state index in [1.807, 2.05) is 26.0 Å². The Morgan fingerprint density at radius 1 is 1.28 bits per heavy atom. The summed E-state index contributed by atoms with van der Waals surface area (Å²) in [6.07, 6.45) is 2.69. The standard InChI is InChI=1S/C18H22N6O/c1-12-5-18(22-11-21-12)24-10-17(25-3)7-16(24)9-20-14-4-13(2)23-15(6-14)8-19/h4-6,11,16-17H,7,9-10H2,1-3H3,(H,20,23)/t16-,17-/m0/s1. The lowest BCUT2D eigenvalue weighted by Gasteiger charge is -2.26. The highest BCUT2D eigenvalue weighted by Gasteiger charge is 2.33. The minimum absolute atomic E-state index is 0.177.